The van der Waals surface area contributed by atoms with Gasteiger partial charge in [-0.3, -0.25) is 15.1 Å². The maximum Gasteiger partial charge on any atom is 0.216 e. The van der Waals surface area contributed by atoms with Crippen LogP contribution in [0, 0.1) is 5.41 Å². The highest BCUT2D eigenvalue weighted by Gasteiger charge is 1.94. The molecule has 0 aliphatic heterocycles. The summed E-state index contributed by atoms with van der Waals surface area (Å²) in [6.45, 7) is 0. The first-order valence-corrected chi connectivity index (χ1v) is 2.16. The van der Waals surface area contributed by atoms with Gasteiger partial charge in [0.2, 0.25) is 6.41 Å². The molecule has 4 nitrogen and oxygen atoms in total. The van der Waals surface area contributed by atoms with Gasteiger partial charge in [0, 0.05) is 14.1 Å². The molecule has 4 heteroatoms. The molecule has 0 aliphatic carbocycles. The number of nitrogens with one attached hydrogen (secondary N) is 2. The lowest BCUT2D eigenvalue weighted by Crippen LogP contribution is -2.34. The van der Waals surface area contributed by atoms with Gasteiger partial charge in [-0.25, -0.2) is 0 Å². The molecule has 0 radical (unpaired) electrons. The highest BCUT2D eigenvalue weighted by molar-refractivity contribution is 5.85. The lowest BCUT2D eigenvalue weighted by molar-refractivity contribution is -0.114. The van der Waals surface area contributed by atoms with Crippen molar-refractivity contribution in [1.29, 1.82) is 5.41 Å². The van der Waals surface area contributed by atoms with Gasteiger partial charge in [0.05, 0.1) is 0 Å². The van der Waals surface area contributed by atoms with E-state index in [-0.39, 0.29) is 5.96 Å². The highest BCUT2D eigenvalue weighted by atomic mass is 16.1. The highest BCUT2D eigenvalue weighted by Crippen LogP contribution is 1.69. The van der Waals surface area contributed by atoms with E-state index in [2.05, 4.69) is 5.32 Å². The molecule has 0 unspecified atom stereocenters. The lowest BCUT2D eigenvalue weighted by atomic mass is 10.8. The zero-order valence-electron chi connectivity index (χ0n) is 4.93. The van der Waals surface area contributed by atoms with Gasteiger partial charge < -0.3 is 5.32 Å². The van der Waals surface area contributed by atoms with Crippen molar-refractivity contribution >= 4 is 12.4 Å². The van der Waals surface area contributed by atoms with Crippen molar-refractivity contribution in [2.24, 2.45) is 0 Å². The number of hydrogen-bond acceptors (Lipinski definition) is 2. The van der Waals surface area contributed by atoms with Gasteiger partial charge in [-0.1, -0.05) is 0 Å². The Kier molecular flexibility index (Phi) is 2.61. The van der Waals surface area contributed by atoms with Gasteiger partial charge in [0.25, 0.3) is 0 Å². The molecule has 0 aromatic rings. The summed E-state index contributed by atoms with van der Waals surface area (Å²) in [5.74, 6) is 0.0972. The number of carbonyl (C=O) groups excluding carboxylic acids is 1. The Bertz CT molecular complexity index is 101. The molecule has 0 atom stereocenters. The fourth-order valence-electron chi connectivity index (χ4n) is 0.229. The molecule has 0 aliphatic rings. The van der Waals surface area contributed by atoms with Crippen LogP contribution in [-0.2, 0) is 4.79 Å². The Morgan fingerprint density at radius 1 is 1.88 bits per heavy atom. The first kappa shape index (κ1) is 6.94. The summed E-state index contributed by atoms with van der Waals surface area (Å²) in [5, 5.41) is 9.42. The second-order valence-electron chi connectivity index (χ2n) is 1.31. The first-order chi connectivity index (χ1) is 3.72. The average Bonchev–Trinajstić information content (AvgIpc) is 1.84. The maximum absolute atomic E-state index is 9.85. The third-order valence-corrected chi connectivity index (χ3v) is 0.748. The molecule has 0 saturated heterocycles. The summed E-state index contributed by atoms with van der Waals surface area (Å²) >= 11 is 0. The molecule has 0 fully saturated rings. The summed E-state index contributed by atoms with van der Waals surface area (Å²) < 4.78 is 0. The van der Waals surface area contributed by atoms with Crippen molar-refractivity contribution in [3.63, 3.8) is 0 Å². The molecule has 0 bridgehead atoms. The summed E-state index contributed by atoms with van der Waals surface area (Å²) in [7, 11) is 3.09. The van der Waals surface area contributed by atoms with Crippen LogP contribution in [0.15, 0.2) is 0 Å². The van der Waals surface area contributed by atoms with Crippen LogP contribution in [0.25, 0.3) is 0 Å². The number of amides is 1. The second kappa shape index (κ2) is 3.01. The van der Waals surface area contributed by atoms with E-state index in [4.69, 9.17) is 5.41 Å². The molecule has 46 valence electrons. The van der Waals surface area contributed by atoms with E-state index in [1.807, 2.05) is 0 Å². The minimum absolute atomic E-state index is 0.0972. The number of carbonyl (C=O) groups is 1. The van der Waals surface area contributed by atoms with Crippen molar-refractivity contribution in [1.82, 2.24) is 10.2 Å². The van der Waals surface area contributed by atoms with Crippen LogP contribution in [0.3, 0.4) is 0 Å². The molecule has 1 amide bonds. The standard InChI is InChI=1S/C4H9N3O/c1-6-4(5)7(2)3-8/h3H,1-2H3,(H2,5,6). The summed E-state index contributed by atoms with van der Waals surface area (Å²) in [6.07, 6.45) is 0.568. The van der Waals surface area contributed by atoms with Gasteiger partial charge in [-0.15, -0.1) is 0 Å². The van der Waals surface area contributed by atoms with Crippen molar-refractivity contribution in [2.75, 3.05) is 14.1 Å². The van der Waals surface area contributed by atoms with Crippen molar-refractivity contribution < 1.29 is 4.79 Å². The Morgan fingerprint density at radius 3 is 2.50 bits per heavy atom. The summed E-state index contributed by atoms with van der Waals surface area (Å²) in [6, 6.07) is 0. The molecular weight excluding hydrogens is 106 g/mol. The largest absolute Gasteiger partial charge is 0.359 e. The van der Waals surface area contributed by atoms with Gasteiger partial charge in [-0.05, 0) is 0 Å². The average molecular weight is 115 g/mol. The number of rotatable bonds is 1. The predicted octanol–water partition coefficient (Wildman–Crippen LogP) is -0.771. The van der Waals surface area contributed by atoms with Crippen LogP contribution in [0.2, 0.25) is 0 Å². The van der Waals surface area contributed by atoms with Gasteiger partial charge >= 0.3 is 0 Å². The maximum atomic E-state index is 9.85. The van der Waals surface area contributed by atoms with Crippen molar-refractivity contribution in [3.05, 3.63) is 0 Å². The van der Waals surface area contributed by atoms with Crippen LogP contribution < -0.4 is 5.32 Å². The minimum atomic E-state index is 0.0972. The third-order valence-electron chi connectivity index (χ3n) is 0.748. The zero-order chi connectivity index (χ0) is 6.57. The van der Waals surface area contributed by atoms with Crippen molar-refractivity contribution in [3.8, 4) is 0 Å². The number of guanidine groups is 1. The zero-order valence-corrected chi connectivity index (χ0v) is 4.93. The Balaban J connectivity index is 3.62. The van der Waals surface area contributed by atoms with Crippen molar-refractivity contribution in [2.45, 2.75) is 0 Å². The molecule has 0 saturated carbocycles. The van der Waals surface area contributed by atoms with E-state index in [0.29, 0.717) is 6.41 Å². The second-order valence-corrected chi connectivity index (χ2v) is 1.31. The molecule has 0 spiro atoms. The molecule has 2 N–H and O–H groups in total. The minimum Gasteiger partial charge on any atom is -0.359 e. The fraction of sp³-hybridized carbons (Fsp3) is 0.500. The Labute approximate surface area is 48.0 Å². The van der Waals surface area contributed by atoms with Gasteiger partial charge in [0.1, 0.15) is 0 Å². The molecule has 0 rings (SSSR count). The van der Waals surface area contributed by atoms with Crippen LogP contribution in [-0.4, -0.2) is 31.4 Å². The Morgan fingerprint density at radius 2 is 2.38 bits per heavy atom. The normalized spacial score (nSPS) is 7.75. The first-order valence-electron chi connectivity index (χ1n) is 2.16. The number of hydrogen-bond donors (Lipinski definition) is 2. The fourth-order valence-corrected chi connectivity index (χ4v) is 0.229. The summed E-state index contributed by atoms with van der Waals surface area (Å²) in [5.41, 5.74) is 0. The van der Waals surface area contributed by atoms with E-state index in [1.165, 1.54) is 7.05 Å². The van der Waals surface area contributed by atoms with Crippen LogP contribution in [0.5, 0.6) is 0 Å². The van der Waals surface area contributed by atoms with Crippen LogP contribution in [0.1, 0.15) is 0 Å². The molecule has 0 aromatic carbocycles. The lowest BCUT2D eigenvalue weighted by Gasteiger charge is -2.09. The smallest absolute Gasteiger partial charge is 0.216 e. The molecule has 0 heterocycles. The van der Waals surface area contributed by atoms with E-state index in [0.717, 1.165) is 4.90 Å². The van der Waals surface area contributed by atoms with Crippen LogP contribution in [0.4, 0.5) is 0 Å². The van der Waals surface area contributed by atoms with Crippen LogP contribution >= 0.6 is 0 Å². The quantitative estimate of drug-likeness (QED) is 0.268. The van der Waals surface area contributed by atoms with E-state index in [1.54, 1.807) is 7.05 Å². The van der Waals surface area contributed by atoms with Gasteiger partial charge in [0.15, 0.2) is 5.96 Å². The van der Waals surface area contributed by atoms with E-state index in [9.17, 15) is 4.79 Å². The topological polar surface area (TPSA) is 56.2 Å². The monoisotopic (exact) mass is 115 g/mol. The van der Waals surface area contributed by atoms with E-state index < -0.39 is 0 Å². The Hall–Kier alpha value is -1.06. The predicted molar refractivity (Wildman–Crippen MR) is 30.6 cm³/mol. The SMILES string of the molecule is CNC(=N)N(C)C=O. The van der Waals surface area contributed by atoms with Gasteiger partial charge in [-0.2, -0.15) is 0 Å². The molecule has 0 aromatic heterocycles. The van der Waals surface area contributed by atoms with E-state index >= 15 is 0 Å². The third kappa shape index (κ3) is 1.59. The number of nitrogens with zero attached hydrogens (tertiary/aromatic N) is 1. The summed E-state index contributed by atoms with van der Waals surface area (Å²) in [4.78, 5) is 11.0. The molecular formula is C4H9N3O. The molecule has 8 heavy (non-hydrogen) atoms.